The fourth-order valence-corrected chi connectivity index (χ4v) is 2.98. The Morgan fingerprint density at radius 3 is 1.44 bits per heavy atom. The molecular formula is C20H9F5N2. The average Bonchev–Trinajstić information content (AvgIpc) is 3.02. The van der Waals surface area contributed by atoms with E-state index in [1.54, 1.807) is 12.1 Å². The second kappa shape index (κ2) is 6.42. The molecule has 2 nitrogen and oxygen atoms in total. The molecule has 1 aliphatic carbocycles. The fraction of sp³-hybridized carbons (Fsp3) is 0. The van der Waals surface area contributed by atoms with Gasteiger partial charge in [0.15, 0.2) is 23.3 Å². The third-order valence-electron chi connectivity index (χ3n) is 4.24. The zero-order chi connectivity index (χ0) is 19.1. The minimum atomic E-state index is -2.22. The number of rotatable bonds is 2. The zero-order valence-electron chi connectivity index (χ0n) is 13.5. The van der Waals surface area contributed by atoms with Crippen LogP contribution in [0.5, 0.6) is 0 Å². The Kier molecular flexibility index (Phi) is 4.07. The van der Waals surface area contributed by atoms with Gasteiger partial charge in [0.1, 0.15) is 5.71 Å². The molecule has 0 bridgehead atoms. The first-order valence-corrected chi connectivity index (χ1v) is 7.82. The van der Waals surface area contributed by atoms with E-state index in [0.717, 1.165) is 22.3 Å². The van der Waals surface area contributed by atoms with Gasteiger partial charge in [-0.3, -0.25) is 0 Å². The van der Waals surface area contributed by atoms with Gasteiger partial charge in [0, 0.05) is 11.1 Å². The van der Waals surface area contributed by atoms with Gasteiger partial charge < -0.3 is 0 Å². The van der Waals surface area contributed by atoms with Crippen LogP contribution in [0.15, 0.2) is 58.7 Å². The van der Waals surface area contributed by atoms with Gasteiger partial charge in [0.05, 0.1) is 11.8 Å². The standard InChI is InChI=1S/C20H9F5N2/c21-15-14(16(22)18(24)19(25)17(15)23)9-26-27-20-12-7-3-1-5-10(12)11-6-2-4-8-13(11)20/h1-9H/b26-9-. The van der Waals surface area contributed by atoms with E-state index >= 15 is 0 Å². The van der Waals surface area contributed by atoms with E-state index < -0.39 is 34.6 Å². The van der Waals surface area contributed by atoms with E-state index in [-0.39, 0.29) is 0 Å². The predicted octanol–water partition coefficient (Wildman–Crippen LogP) is 5.23. The molecule has 0 fully saturated rings. The molecule has 0 N–H and O–H groups in total. The van der Waals surface area contributed by atoms with Gasteiger partial charge in [-0.2, -0.15) is 5.10 Å². The van der Waals surface area contributed by atoms with Crippen molar-refractivity contribution in [2.24, 2.45) is 10.2 Å². The summed E-state index contributed by atoms with van der Waals surface area (Å²) in [5.41, 5.74) is 2.65. The molecule has 27 heavy (non-hydrogen) atoms. The maximum Gasteiger partial charge on any atom is 0.200 e. The highest BCUT2D eigenvalue weighted by Crippen LogP contribution is 2.36. The van der Waals surface area contributed by atoms with E-state index in [1.807, 2.05) is 36.4 Å². The third-order valence-corrected chi connectivity index (χ3v) is 4.24. The maximum absolute atomic E-state index is 13.7. The second-order valence-electron chi connectivity index (χ2n) is 5.77. The highest BCUT2D eigenvalue weighted by Gasteiger charge is 2.26. The SMILES string of the molecule is Fc1c(F)c(F)c(/C=N\N=C2c3ccccc3-c3ccccc32)c(F)c1F. The van der Waals surface area contributed by atoms with Gasteiger partial charge in [-0.25, -0.2) is 22.0 Å². The summed E-state index contributed by atoms with van der Waals surface area (Å²) in [5, 5.41) is 7.56. The molecule has 1 aliphatic rings. The van der Waals surface area contributed by atoms with Crippen molar-refractivity contribution in [2.75, 3.05) is 0 Å². The van der Waals surface area contributed by atoms with Crippen LogP contribution in [0.2, 0.25) is 0 Å². The Labute approximate surface area is 150 Å². The van der Waals surface area contributed by atoms with Crippen molar-refractivity contribution in [1.82, 2.24) is 0 Å². The molecular weight excluding hydrogens is 363 g/mol. The van der Waals surface area contributed by atoms with Crippen molar-refractivity contribution >= 4 is 11.9 Å². The number of halogens is 5. The quantitative estimate of drug-likeness (QED) is 0.151. The van der Waals surface area contributed by atoms with E-state index in [0.29, 0.717) is 11.9 Å². The third kappa shape index (κ3) is 2.63. The molecule has 0 atom stereocenters. The molecule has 0 heterocycles. The molecule has 0 radical (unpaired) electrons. The minimum Gasteiger partial charge on any atom is -0.203 e. The summed E-state index contributed by atoms with van der Waals surface area (Å²) in [6.07, 6.45) is 0.521. The monoisotopic (exact) mass is 372 g/mol. The molecule has 0 unspecified atom stereocenters. The molecule has 0 saturated heterocycles. The van der Waals surface area contributed by atoms with Crippen LogP contribution in [-0.2, 0) is 0 Å². The first kappa shape index (κ1) is 17.1. The van der Waals surface area contributed by atoms with E-state index in [4.69, 9.17) is 0 Å². The molecule has 0 aliphatic heterocycles. The lowest BCUT2D eigenvalue weighted by Gasteiger charge is -2.03. The number of hydrogen-bond acceptors (Lipinski definition) is 2. The maximum atomic E-state index is 13.7. The van der Waals surface area contributed by atoms with Crippen molar-refractivity contribution in [3.8, 4) is 11.1 Å². The Morgan fingerprint density at radius 2 is 0.963 bits per heavy atom. The van der Waals surface area contributed by atoms with Crippen molar-refractivity contribution in [1.29, 1.82) is 0 Å². The summed E-state index contributed by atoms with van der Waals surface area (Å²) in [4.78, 5) is 0. The number of hydrogen-bond donors (Lipinski definition) is 0. The Bertz CT molecular complexity index is 1060. The van der Waals surface area contributed by atoms with Crippen LogP contribution in [0, 0.1) is 29.1 Å². The predicted molar refractivity (Wildman–Crippen MR) is 91.3 cm³/mol. The van der Waals surface area contributed by atoms with E-state index in [1.165, 1.54) is 0 Å². The van der Waals surface area contributed by atoms with Crippen LogP contribution < -0.4 is 0 Å². The lowest BCUT2D eigenvalue weighted by molar-refractivity contribution is 0.377. The van der Waals surface area contributed by atoms with Gasteiger partial charge in [-0.15, -0.1) is 5.10 Å². The minimum absolute atomic E-state index is 0.446. The molecule has 134 valence electrons. The van der Waals surface area contributed by atoms with Crippen molar-refractivity contribution in [3.05, 3.63) is 94.3 Å². The van der Waals surface area contributed by atoms with Gasteiger partial charge in [-0.05, 0) is 11.1 Å². The Hall–Kier alpha value is -3.35. The molecule has 0 spiro atoms. The Morgan fingerprint density at radius 1 is 0.556 bits per heavy atom. The smallest absolute Gasteiger partial charge is 0.200 e. The van der Waals surface area contributed by atoms with Crippen LogP contribution in [-0.4, -0.2) is 11.9 Å². The van der Waals surface area contributed by atoms with Crippen LogP contribution in [0.3, 0.4) is 0 Å². The first-order valence-electron chi connectivity index (χ1n) is 7.82. The lowest BCUT2D eigenvalue weighted by atomic mass is 10.1. The topological polar surface area (TPSA) is 24.7 Å². The van der Waals surface area contributed by atoms with Gasteiger partial charge in [0.25, 0.3) is 0 Å². The van der Waals surface area contributed by atoms with Gasteiger partial charge in [0.2, 0.25) is 5.82 Å². The summed E-state index contributed by atoms with van der Waals surface area (Å²) >= 11 is 0. The summed E-state index contributed by atoms with van der Waals surface area (Å²) < 4.78 is 67.1. The molecule has 0 amide bonds. The number of fused-ring (bicyclic) bond motifs is 3. The van der Waals surface area contributed by atoms with Crippen LogP contribution in [0.4, 0.5) is 22.0 Å². The van der Waals surface area contributed by atoms with Crippen LogP contribution in [0.25, 0.3) is 11.1 Å². The molecule has 7 heteroatoms. The second-order valence-corrected chi connectivity index (χ2v) is 5.77. The lowest BCUT2D eigenvalue weighted by Crippen LogP contribution is -2.06. The zero-order valence-corrected chi connectivity index (χ0v) is 13.5. The summed E-state index contributed by atoms with van der Waals surface area (Å²) in [6.45, 7) is 0. The summed E-state index contributed by atoms with van der Waals surface area (Å²) in [5.74, 6) is -10.2. The van der Waals surface area contributed by atoms with E-state index in [2.05, 4.69) is 10.2 Å². The normalized spacial score (nSPS) is 12.4. The largest absolute Gasteiger partial charge is 0.203 e. The van der Waals surface area contributed by atoms with Crippen molar-refractivity contribution < 1.29 is 22.0 Å². The average molecular weight is 372 g/mol. The molecule has 0 aromatic heterocycles. The van der Waals surface area contributed by atoms with Crippen molar-refractivity contribution in [2.45, 2.75) is 0 Å². The molecule has 3 aromatic rings. The van der Waals surface area contributed by atoms with Crippen LogP contribution in [0.1, 0.15) is 16.7 Å². The molecule has 4 rings (SSSR count). The summed E-state index contributed by atoms with van der Waals surface area (Å²) in [6, 6.07) is 14.7. The number of nitrogens with zero attached hydrogens (tertiary/aromatic N) is 2. The fourth-order valence-electron chi connectivity index (χ4n) is 2.98. The molecule has 3 aromatic carbocycles. The molecule has 0 saturated carbocycles. The van der Waals surface area contributed by atoms with E-state index in [9.17, 15) is 22.0 Å². The first-order chi connectivity index (χ1) is 13.0. The van der Waals surface area contributed by atoms with Gasteiger partial charge >= 0.3 is 0 Å². The highest BCUT2D eigenvalue weighted by molar-refractivity contribution is 6.24. The Balaban J connectivity index is 1.81. The number of benzene rings is 3. The van der Waals surface area contributed by atoms with Crippen LogP contribution >= 0.6 is 0 Å². The summed E-state index contributed by atoms with van der Waals surface area (Å²) in [7, 11) is 0. The van der Waals surface area contributed by atoms with Gasteiger partial charge in [-0.1, -0.05) is 48.5 Å². The highest BCUT2D eigenvalue weighted by atomic mass is 19.2. The van der Waals surface area contributed by atoms with Crippen molar-refractivity contribution in [3.63, 3.8) is 0 Å².